The Labute approximate surface area is 183 Å². The van der Waals surface area contributed by atoms with Gasteiger partial charge in [0.1, 0.15) is 5.75 Å². The Kier molecular flexibility index (Phi) is 5.76. The second kappa shape index (κ2) is 8.64. The lowest BCUT2D eigenvalue weighted by molar-refractivity contribution is 0.0925. The van der Waals surface area contributed by atoms with Crippen molar-refractivity contribution in [2.24, 2.45) is 0 Å². The average molecular weight is 414 g/mol. The molecule has 0 spiro atoms. The second-order valence-electron chi connectivity index (χ2n) is 7.77. The molecule has 1 aliphatic rings. The smallest absolute Gasteiger partial charge is 0.255 e. The maximum atomic E-state index is 13.4. The van der Waals surface area contributed by atoms with Gasteiger partial charge in [0.05, 0.1) is 29.4 Å². The van der Waals surface area contributed by atoms with E-state index in [0.717, 1.165) is 45.5 Å². The van der Waals surface area contributed by atoms with Crippen molar-refractivity contribution in [3.05, 3.63) is 84.1 Å². The van der Waals surface area contributed by atoms with Crippen molar-refractivity contribution in [1.82, 2.24) is 10.3 Å². The summed E-state index contributed by atoms with van der Waals surface area (Å²) in [7, 11) is 3.90. The summed E-state index contributed by atoms with van der Waals surface area (Å²) in [4.78, 5) is 20.1. The molecule has 5 heteroatoms. The van der Waals surface area contributed by atoms with Crippen molar-refractivity contribution in [3.63, 3.8) is 0 Å². The van der Waals surface area contributed by atoms with Crippen LogP contribution in [0.1, 0.15) is 40.9 Å². The number of nitrogens with one attached hydrogen (secondary N) is 1. The van der Waals surface area contributed by atoms with Gasteiger partial charge in [0.15, 0.2) is 0 Å². The predicted molar refractivity (Wildman–Crippen MR) is 127 cm³/mol. The molecule has 1 amide bonds. The molecule has 1 aromatic heterocycles. The number of carbonyl (C=O) groups is 1. The Balaban J connectivity index is 1.77. The van der Waals surface area contributed by atoms with Crippen LogP contribution in [-0.4, -0.2) is 31.6 Å². The number of fused-ring (bicyclic) bond motifs is 2. The zero-order valence-corrected chi connectivity index (χ0v) is 18.2. The summed E-state index contributed by atoms with van der Waals surface area (Å²) in [6.45, 7) is 6.48. The van der Waals surface area contributed by atoms with Gasteiger partial charge in [-0.1, -0.05) is 55.1 Å². The second-order valence-corrected chi connectivity index (χ2v) is 7.77. The highest BCUT2D eigenvalue weighted by molar-refractivity contribution is 6.09. The van der Waals surface area contributed by atoms with E-state index in [2.05, 4.69) is 11.9 Å². The highest BCUT2D eigenvalue weighted by Crippen LogP contribution is 2.35. The molecular formula is C26H27N3O2. The van der Waals surface area contributed by atoms with Crippen LogP contribution in [0.15, 0.2) is 67.4 Å². The third-order valence-electron chi connectivity index (χ3n) is 5.67. The van der Waals surface area contributed by atoms with Crippen LogP contribution < -0.4 is 15.0 Å². The summed E-state index contributed by atoms with van der Waals surface area (Å²) >= 11 is 0. The number of benzene rings is 2. The Hall–Kier alpha value is -3.60. The van der Waals surface area contributed by atoms with Crippen LogP contribution in [0.25, 0.3) is 16.5 Å². The number of rotatable bonds is 5. The van der Waals surface area contributed by atoms with Gasteiger partial charge in [0, 0.05) is 43.2 Å². The maximum Gasteiger partial charge on any atom is 0.255 e. The van der Waals surface area contributed by atoms with Gasteiger partial charge in [-0.2, -0.15) is 0 Å². The number of anilines is 1. The van der Waals surface area contributed by atoms with E-state index < -0.39 is 0 Å². The minimum Gasteiger partial charge on any atom is -0.493 e. The lowest BCUT2D eigenvalue weighted by Crippen LogP contribution is -2.33. The van der Waals surface area contributed by atoms with Gasteiger partial charge in [-0.3, -0.25) is 9.78 Å². The summed E-state index contributed by atoms with van der Waals surface area (Å²) in [6.07, 6.45) is 6.25. The first-order valence-electron chi connectivity index (χ1n) is 10.5. The van der Waals surface area contributed by atoms with E-state index in [4.69, 9.17) is 9.72 Å². The van der Waals surface area contributed by atoms with Crippen LogP contribution in [0.4, 0.5) is 5.69 Å². The van der Waals surface area contributed by atoms with Crippen LogP contribution >= 0.6 is 0 Å². The third-order valence-corrected chi connectivity index (χ3v) is 5.67. The quantitative estimate of drug-likeness (QED) is 0.588. The van der Waals surface area contributed by atoms with Crippen molar-refractivity contribution < 1.29 is 9.53 Å². The number of amides is 1. The van der Waals surface area contributed by atoms with E-state index in [1.807, 2.05) is 80.5 Å². The molecule has 31 heavy (non-hydrogen) atoms. The Bertz CT molecular complexity index is 1180. The number of para-hydroxylation sites is 2. The minimum absolute atomic E-state index is 0.0927. The van der Waals surface area contributed by atoms with Crippen molar-refractivity contribution in [2.75, 3.05) is 25.6 Å². The van der Waals surface area contributed by atoms with E-state index >= 15 is 0 Å². The molecule has 0 unspecified atom stereocenters. The fraction of sp³-hybridized carbons (Fsp3) is 0.231. The molecule has 0 bridgehead atoms. The lowest BCUT2D eigenvalue weighted by atomic mass is 9.98. The topological polar surface area (TPSA) is 54.5 Å². The Morgan fingerprint density at radius 1 is 1.19 bits per heavy atom. The minimum atomic E-state index is -0.139. The zero-order chi connectivity index (χ0) is 22.0. The van der Waals surface area contributed by atoms with Gasteiger partial charge in [0.2, 0.25) is 0 Å². The van der Waals surface area contributed by atoms with Gasteiger partial charge in [0.25, 0.3) is 5.91 Å². The summed E-state index contributed by atoms with van der Waals surface area (Å²) < 4.78 is 5.73. The molecule has 0 saturated carbocycles. The third kappa shape index (κ3) is 3.79. The molecule has 2 heterocycles. The molecule has 5 nitrogen and oxygen atoms in total. The molecule has 0 saturated heterocycles. The molecule has 158 valence electrons. The molecule has 1 aliphatic heterocycles. The maximum absolute atomic E-state index is 13.4. The Morgan fingerprint density at radius 3 is 2.74 bits per heavy atom. The van der Waals surface area contributed by atoms with Crippen LogP contribution in [0.2, 0.25) is 0 Å². The van der Waals surface area contributed by atoms with Gasteiger partial charge in [-0.15, -0.1) is 0 Å². The van der Waals surface area contributed by atoms with Crippen LogP contribution in [-0.2, 0) is 0 Å². The van der Waals surface area contributed by atoms with Crippen molar-refractivity contribution in [1.29, 1.82) is 0 Å². The Morgan fingerprint density at radius 2 is 2.00 bits per heavy atom. The number of nitrogens with zero attached hydrogens (tertiary/aromatic N) is 2. The summed E-state index contributed by atoms with van der Waals surface area (Å²) in [5, 5.41) is 4.13. The highest BCUT2D eigenvalue weighted by Gasteiger charge is 2.25. The molecule has 1 atom stereocenters. The van der Waals surface area contributed by atoms with Gasteiger partial charge >= 0.3 is 0 Å². The van der Waals surface area contributed by atoms with E-state index in [1.165, 1.54) is 0 Å². The summed E-state index contributed by atoms with van der Waals surface area (Å²) in [5.74, 6) is 0.691. The molecule has 4 rings (SSSR count). The summed E-state index contributed by atoms with van der Waals surface area (Å²) in [6, 6.07) is 13.8. The highest BCUT2D eigenvalue weighted by atomic mass is 16.5. The van der Waals surface area contributed by atoms with Crippen LogP contribution in [0, 0.1) is 0 Å². The fourth-order valence-corrected chi connectivity index (χ4v) is 4.20. The first kappa shape index (κ1) is 20.7. The van der Waals surface area contributed by atoms with Gasteiger partial charge in [-0.25, -0.2) is 0 Å². The van der Waals surface area contributed by atoms with Crippen molar-refractivity contribution in [2.45, 2.75) is 19.4 Å². The molecule has 0 radical (unpaired) electrons. The number of allylic oxidation sites excluding steroid dienone is 3. The average Bonchev–Trinajstić information content (AvgIpc) is 2.79. The van der Waals surface area contributed by atoms with Gasteiger partial charge < -0.3 is 15.0 Å². The predicted octanol–water partition coefficient (Wildman–Crippen LogP) is 5.14. The number of ether oxygens (including phenoxy) is 1. The van der Waals surface area contributed by atoms with Gasteiger partial charge in [-0.05, 0) is 18.6 Å². The molecular weight excluding hydrogens is 386 g/mol. The van der Waals surface area contributed by atoms with E-state index in [1.54, 1.807) is 6.20 Å². The molecule has 2 aromatic carbocycles. The van der Waals surface area contributed by atoms with Crippen molar-refractivity contribution in [3.8, 4) is 5.75 Å². The lowest BCUT2D eigenvalue weighted by Gasteiger charge is -2.27. The fourth-order valence-electron chi connectivity index (χ4n) is 4.20. The standard InChI is InChI=1S/C26H27N3O2/c1-5-17(6-2)18-11-9-12-20-24(18)27-16-21(25(20)29(3)4)26(30)28-22-14-15-31-23-13-8-7-10-19(22)23/h5-13,16,22H,1,14-15H2,2-4H3,(H,28,30)/b17-6+/t22-/m0/s1. The number of hydrogen-bond acceptors (Lipinski definition) is 4. The number of pyridine rings is 1. The summed E-state index contributed by atoms with van der Waals surface area (Å²) in [5.41, 5.74) is 5.28. The van der Waals surface area contributed by atoms with Crippen LogP contribution in [0.5, 0.6) is 5.75 Å². The van der Waals surface area contributed by atoms with E-state index in [9.17, 15) is 4.79 Å². The molecule has 0 aliphatic carbocycles. The van der Waals surface area contributed by atoms with Crippen molar-refractivity contribution >= 4 is 28.1 Å². The molecule has 1 N–H and O–H groups in total. The van der Waals surface area contributed by atoms with Crippen LogP contribution in [0.3, 0.4) is 0 Å². The SMILES string of the molecule is C=C/C(=C\C)c1cccc2c(N(C)C)c(C(=O)N[C@H]3CCOc4ccccc43)cnc12. The number of aromatic nitrogens is 1. The largest absolute Gasteiger partial charge is 0.493 e. The number of carbonyl (C=O) groups excluding carboxylic acids is 1. The van der Waals surface area contributed by atoms with E-state index in [-0.39, 0.29) is 11.9 Å². The van der Waals surface area contributed by atoms with E-state index in [0.29, 0.717) is 12.2 Å². The monoisotopic (exact) mass is 413 g/mol. The first-order chi connectivity index (χ1) is 15.0. The number of hydrogen-bond donors (Lipinski definition) is 1. The molecule has 0 fully saturated rings. The molecule has 3 aromatic rings. The first-order valence-corrected chi connectivity index (χ1v) is 10.5. The zero-order valence-electron chi connectivity index (χ0n) is 18.2. The normalized spacial score (nSPS) is 15.7.